The monoisotopic (exact) mass is 274 g/mol. The topological polar surface area (TPSA) is 17.1 Å². The lowest BCUT2D eigenvalue weighted by Gasteiger charge is -2.36. The molecule has 100 valence electrons. The Bertz CT molecular complexity index is 544. The lowest BCUT2D eigenvalue weighted by molar-refractivity contribution is -0.126. The van der Waals surface area contributed by atoms with E-state index in [9.17, 15) is 4.79 Å². The van der Waals surface area contributed by atoms with Crippen molar-refractivity contribution in [3.8, 4) is 0 Å². The molecule has 0 heterocycles. The van der Waals surface area contributed by atoms with E-state index in [0.29, 0.717) is 18.1 Å². The lowest BCUT2D eigenvalue weighted by atomic mass is 9.68. The van der Waals surface area contributed by atoms with Crippen molar-refractivity contribution in [1.82, 2.24) is 0 Å². The molecule has 1 aromatic carbocycles. The van der Waals surface area contributed by atoms with Gasteiger partial charge in [0.2, 0.25) is 0 Å². The summed E-state index contributed by atoms with van der Waals surface area (Å²) < 4.78 is 0. The summed E-state index contributed by atoms with van der Waals surface area (Å²) >= 11 is 6.62. The van der Waals surface area contributed by atoms with Crippen LogP contribution in [0.5, 0.6) is 0 Å². The van der Waals surface area contributed by atoms with Crippen LogP contribution in [0.25, 0.3) is 6.08 Å². The Hall–Kier alpha value is -1.08. The molecule has 1 aromatic rings. The van der Waals surface area contributed by atoms with Crippen molar-refractivity contribution >= 4 is 23.5 Å². The molecule has 2 heteroatoms. The number of hydrogen-bond acceptors (Lipinski definition) is 1. The fourth-order valence-corrected chi connectivity index (χ4v) is 4.62. The normalized spacial score (nSPS) is 32.9. The van der Waals surface area contributed by atoms with Gasteiger partial charge in [-0.1, -0.05) is 55.8 Å². The molecular formula is C17H19ClO. The number of ketones is 1. The van der Waals surface area contributed by atoms with Gasteiger partial charge in [-0.25, -0.2) is 0 Å². The first kappa shape index (κ1) is 12.9. The molecule has 1 nitrogen and oxygen atoms in total. The van der Waals surface area contributed by atoms with Gasteiger partial charge in [-0.15, -0.1) is 0 Å². The fraction of sp³-hybridized carbons (Fsp3) is 0.471. The van der Waals surface area contributed by atoms with Crippen molar-refractivity contribution in [1.29, 1.82) is 0 Å². The number of hydrogen-bond donors (Lipinski definition) is 0. The average Bonchev–Trinajstić information content (AvgIpc) is 2.74. The molecule has 2 bridgehead atoms. The highest BCUT2D eigenvalue weighted by Crippen LogP contribution is 2.67. The maximum atomic E-state index is 12.5. The molecular weight excluding hydrogens is 256 g/mol. The first-order valence-corrected chi connectivity index (χ1v) is 7.32. The van der Waals surface area contributed by atoms with Crippen LogP contribution in [0.15, 0.2) is 35.4 Å². The van der Waals surface area contributed by atoms with Gasteiger partial charge < -0.3 is 0 Å². The van der Waals surface area contributed by atoms with Gasteiger partial charge >= 0.3 is 0 Å². The number of allylic oxidation sites excluding steroid dienone is 1. The predicted molar refractivity (Wildman–Crippen MR) is 78.8 cm³/mol. The zero-order valence-electron chi connectivity index (χ0n) is 11.4. The number of carbonyl (C=O) groups is 1. The number of carbonyl (C=O) groups excluding carboxylic acids is 1. The summed E-state index contributed by atoms with van der Waals surface area (Å²) in [4.78, 5) is 12.5. The standard InChI is InChI=1S/C17H19ClO/c1-16(2)13-8-9-17(16,15(19)11-13)14(18)10-12-6-4-3-5-7-12/h3-7,10,13H,8-9,11H2,1-2H3. The molecule has 2 unspecified atom stereocenters. The maximum Gasteiger partial charge on any atom is 0.145 e. The molecule has 3 rings (SSSR count). The number of fused-ring (bicyclic) bond motifs is 2. The summed E-state index contributed by atoms with van der Waals surface area (Å²) in [6.45, 7) is 4.41. The van der Waals surface area contributed by atoms with Gasteiger partial charge in [0.1, 0.15) is 5.78 Å². The number of benzene rings is 1. The largest absolute Gasteiger partial charge is 0.299 e. The summed E-state index contributed by atoms with van der Waals surface area (Å²) in [6, 6.07) is 10.0. The molecule has 2 aliphatic rings. The molecule has 0 aromatic heterocycles. The molecule has 0 saturated heterocycles. The second-order valence-corrected chi connectivity index (χ2v) is 6.80. The van der Waals surface area contributed by atoms with Crippen LogP contribution in [0.4, 0.5) is 0 Å². The molecule has 2 atom stereocenters. The van der Waals surface area contributed by atoms with Gasteiger partial charge in [-0.3, -0.25) is 4.79 Å². The van der Waals surface area contributed by atoms with E-state index < -0.39 is 5.41 Å². The van der Waals surface area contributed by atoms with Crippen molar-refractivity contribution in [2.45, 2.75) is 33.1 Å². The van der Waals surface area contributed by atoms with Crippen molar-refractivity contribution in [2.24, 2.45) is 16.7 Å². The fourth-order valence-electron chi connectivity index (χ4n) is 4.06. The molecule has 19 heavy (non-hydrogen) atoms. The van der Waals surface area contributed by atoms with E-state index in [1.807, 2.05) is 36.4 Å². The van der Waals surface area contributed by atoms with Crippen molar-refractivity contribution in [3.05, 3.63) is 40.9 Å². The second-order valence-electron chi connectivity index (χ2n) is 6.39. The molecule has 0 N–H and O–H groups in total. The van der Waals surface area contributed by atoms with Crippen LogP contribution in [-0.4, -0.2) is 5.78 Å². The van der Waals surface area contributed by atoms with E-state index in [0.717, 1.165) is 23.4 Å². The molecule has 2 aliphatic carbocycles. The highest BCUT2D eigenvalue weighted by atomic mass is 35.5. The lowest BCUT2D eigenvalue weighted by Crippen LogP contribution is -2.36. The third kappa shape index (κ3) is 1.64. The zero-order valence-corrected chi connectivity index (χ0v) is 12.2. The Morgan fingerprint density at radius 2 is 2.00 bits per heavy atom. The average molecular weight is 275 g/mol. The molecule has 2 fully saturated rings. The Labute approximate surface area is 119 Å². The van der Waals surface area contributed by atoms with Gasteiger partial charge in [0.15, 0.2) is 0 Å². The van der Waals surface area contributed by atoms with Gasteiger partial charge in [0, 0.05) is 11.5 Å². The van der Waals surface area contributed by atoms with Crippen LogP contribution in [0.1, 0.15) is 38.7 Å². The summed E-state index contributed by atoms with van der Waals surface area (Å²) in [6.07, 6.45) is 4.71. The van der Waals surface area contributed by atoms with Gasteiger partial charge in [0.25, 0.3) is 0 Å². The molecule has 0 spiro atoms. The zero-order chi connectivity index (χ0) is 13.7. The summed E-state index contributed by atoms with van der Waals surface area (Å²) in [5.74, 6) is 0.837. The van der Waals surface area contributed by atoms with E-state index in [1.54, 1.807) is 0 Å². The van der Waals surface area contributed by atoms with Crippen molar-refractivity contribution in [3.63, 3.8) is 0 Å². The van der Waals surface area contributed by atoms with E-state index >= 15 is 0 Å². The van der Waals surface area contributed by atoms with Crippen LogP contribution in [0.3, 0.4) is 0 Å². The third-order valence-corrected chi connectivity index (χ3v) is 5.83. The third-order valence-electron chi connectivity index (χ3n) is 5.40. The quantitative estimate of drug-likeness (QED) is 0.766. The number of halogens is 1. The van der Waals surface area contributed by atoms with E-state index in [-0.39, 0.29) is 5.41 Å². The number of rotatable bonds is 2. The Morgan fingerprint density at radius 3 is 2.53 bits per heavy atom. The Morgan fingerprint density at radius 1 is 1.32 bits per heavy atom. The molecule has 0 radical (unpaired) electrons. The first-order chi connectivity index (χ1) is 8.98. The van der Waals surface area contributed by atoms with Gasteiger partial charge in [-0.2, -0.15) is 0 Å². The van der Waals surface area contributed by atoms with E-state index in [1.165, 1.54) is 0 Å². The van der Waals surface area contributed by atoms with Crippen LogP contribution >= 0.6 is 11.6 Å². The molecule has 0 amide bonds. The Kier molecular flexibility index (Phi) is 2.86. The van der Waals surface area contributed by atoms with E-state index in [4.69, 9.17) is 11.6 Å². The van der Waals surface area contributed by atoms with Crippen LogP contribution < -0.4 is 0 Å². The highest BCUT2D eigenvalue weighted by Gasteiger charge is 2.65. The summed E-state index contributed by atoms with van der Waals surface area (Å²) in [7, 11) is 0. The Balaban J connectivity index is 2.05. The minimum Gasteiger partial charge on any atom is -0.299 e. The minimum atomic E-state index is -0.435. The molecule has 2 saturated carbocycles. The smallest absolute Gasteiger partial charge is 0.145 e. The predicted octanol–water partition coefficient (Wildman–Crippen LogP) is 4.66. The van der Waals surface area contributed by atoms with Gasteiger partial charge in [-0.05, 0) is 35.8 Å². The van der Waals surface area contributed by atoms with Crippen LogP contribution in [-0.2, 0) is 4.79 Å². The first-order valence-electron chi connectivity index (χ1n) is 6.94. The number of Topliss-reactive ketones (excluding diaryl/α,β-unsaturated/α-hetero) is 1. The molecule has 0 aliphatic heterocycles. The summed E-state index contributed by atoms with van der Waals surface area (Å²) in [5.41, 5.74) is 0.627. The SMILES string of the molecule is CC1(C)C2CCC1(C(Cl)=Cc1ccccc1)C(=O)C2. The highest BCUT2D eigenvalue weighted by molar-refractivity contribution is 6.34. The van der Waals surface area contributed by atoms with Crippen molar-refractivity contribution in [2.75, 3.05) is 0 Å². The van der Waals surface area contributed by atoms with Crippen LogP contribution in [0.2, 0.25) is 0 Å². The van der Waals surface area contributed by atoms with Gasteiger partial charge in [0.05, 0.1) is 5.41 Å². The minimum absolute atomic E-state index is 0.00749. The second kappa shape index (κ2) is 4.21. The van der Waals surface area contributed by atoms with E-state index in [2.05, 4.69) is 13.8 Å². The van der Waals surface area contributed by atoms with Crippen molar-refractivity contribution < 1.29 is 4.79 Å². The summed E-state index contributed by atoms with van der Waals surface area (Å²) in [5, 5.41) is 0.730. The van der Waals surface area contributed by atoms with Crippen LogP contribution in [0, 0.1) is 16.7 Å². The maximum absolute atomic E-state index is 12.5.